The summed E-state index contributed by atoms with van der Waals surface area (Å²) in [5.74, 6) is -1.20. The second kappa shape index (κ2) is 6.67. The van der Waals surface area contributed by atoms with Gasteiger partial charge in [0.25, 0.3) is 5.56 Å². The standard InChI is InChI=1S/C18H13Cl2NO3/c19-17(20)16(23)14-15(22)12-8-4-5-9-13(12)21(18(14)24)10-11-6-2-1-3-7-11/h1-9,17,22H,10H2. The molecule has 1 N–H and O–H groups in total. The molecule has 3 aromatic rings. The quantitative estimate of drug-likeness (QED) is 0.568. The second-order valence-corrected chi connectivity index (χ2v) is 6.38. The molecule has 0 saturated heterocycles. The zero-order valence-electron chi connectivity index (χ0n) is 12.4. The highest BCUT2D eigenvalue weighted by molar-refractivity contribution is 6.55. The van der Waals surface area contributed by atoms with Gasteiger partial charge in [-0.1, -0.05) is 65.7 Å². The molecule has 0 bridgehead atoms. The van der Waals surface area contributed by atoms with Crippen LogP contribution in [0.1, 0.15) is 15.9 Å². The number of hydrogen-bond acceptors (Lipinski definition) is 3. The summed E-state index contributed by atoms with van der Waals surface area (Å²) in [4.78, 5) is 23.6. The molecular formula is C18H13Cl2NO3. The van der Waals surface area contributed by atoms with Gasteiger partial charge in [-0.15, -0.1) is 0 Å². The summed E-state index contributed by atoms with van der Waals surface area (Å²) in [6.07, 6.45) is 0. The average molecular weight is 362 g/mol. The molecule has 0 unspecified atom stereocenters. The third-order valence-electron chi connectivity index (χ3n) is 3.77. The molecule has 4 nitrogen and oxygen atoms in total. The van der Waals surface area contributed by atoms with Crippen molar-refractivity contribution in [3.05, 3.63) is 76.1 Å². The van der Waals surface area contributed by atoms with Crippen LogP contribution in [0.2, 0.25) is 0 Å². The van der Waals surface area contributed by atoms with Gasteiger partial charge in [-0.2, -0.15) is 0 Å². The molecule has 0 fully saturated rings. The van der Waals surface area contributed by atoms with Crippen LogP contribution in [-0.2, 0) is 6.54 Å². The summed E-state index contributed by atoms with van der Waals surface area (Å²) >= 11 is 11.3. The van der Waals surface area contributed by atoms with E-state index in [1.54, 1.807) is 24.3 Å². The maximum Gasteiger partial charge on any atom is 0.266 e. The van der Waals surface area contributed by atoms with Crippen molar-refractivity contribution in [3.8, 4) is 5.75 Å². The molecule has 0 atom stereocenters. The smallest absolute Gasteiger partial charge is 0.266 e. The molecule has 6 heteroatoms. The first kappa shape index (κ1) is 16.6. The van der Waals surface area contributed by atoms with Gasteiger partial charge in [-0.3, -0.25) is 9.59 Å². The molecule has 122 valence electrons. The van der Waals surface area contributed by atoms with E-state index in [0.29, 0.717) is 10.9 Å². The maximum atomic E-state index is 12.8. The fraction of sp³-hybridized carbons (Fsp3) is 0.111. The Labute approximate surface area is 147 Å². The predicted octanol–water partition coefficient (Wildman–Crippen LogP) is 3.74. The van der Waals surface area contributed by atoms with Gasteiger partial charge in [0.1, 0.15) is 11.3 Å². The number of para-hydroxylation sites is 1. The summed E-state index contributed by atoms with van der Waals surface area (Å²) in [5.41, 5.74) is 0.411. The number of ketones is 1. The van der Waals surface area contributed by atoms with Crippen LogP contribution in [0, 0.1) is 0 Å². The lowest BCUT2D eigenvalue weighted by atomic mass is 10.1. The number of alkyl halides is 2. The number of carbonyl (C=O) groups excluding carboxylic acids is 1. The summed E-state index contributed by atoms with van der Waals surface area (Å²) in [5, 5.41) is 10.8. The SMILES string of the molecule is O=C(c1c(O)c2ccccc2n(Cc2ccccc2)c1=O)C(Cl)Cl. The van der Waals surface area contributed by atoms with Crippen LogP contribution >= 0.6 is 23.2 Å². The van der Waals surface area contributed by atoms with Crippen molar-refractivity contribution in [1.82, 2.24) is 4.57 Å². The van der Waals surface area contributed by atoms with Crippen LogP contribution in [0.5, 0.6) is 5.75 Å². The number of nitrogens with zero attached hydrogens (tertiary/aromatic N) is 1. The van der Waals surface area contributed by atoms with Gasteiger partial charge in [0.15, 0.2) is 4.84 Å². The Bertz CT molecular complexity index is 965. The Kier molecular flexibility index (Phi) is 4.60. The number of pyridine rings is 1. The minimum Gasteiger partial charge on any atom is -0.506 e. The van der Waals surface area contributed by atoms with E-state index in [2.05, 4.69) is 0 Å². The predicted molar refractivity (Wildman–Crippen MR) is 95.2 cm³/mol. The van der Waals surface area contributed by atoms with Crippen molar-refractivity contribution in [2.45, 2.75) is 11.4 Å². The largest absolute Gasteiger partial charge is 0.506 e. The lowest BCUT2D eigenvalue weighted by molar-refractivity contribution is 0.100. The Morgan fingerprint density at radius 3 is 2.33 bits per heavy atom. The summed E-state index contributed by atoms with van der Waals surface area (Å²) in [6, 6.07) is 16.2. The number of Topliss-reactive ketones (excluding diaryl/α,β-unsaturated/α-hetero) is 1. The Morgan fingerprint density at radius 1 is 1.04 bits per heavy atom. The van der Waals surface area contributed by atoms with Crippen LogP contribution in [0.4, 0.5) is 0 Å². The number of fused-ring (bicyclic) bond motifs is 1. The summed E-state index contributed by atoms with van der Waals surface area (Å²) < 4.78 is 1.44. The van der Waals surface area contributed by atoms with Gasteiger partial charge in [-0.25, -0.2) is 0 Å². The van der Waals surface area contributed by atoms with E-state index in [1.165, 1.54) is 4.57 Å². The molecule has 24 heavy (non-hydrogen) atoms. The fourth-order valence-corrected chi connectivity index (χ4v) is 2.86. The van der Waals surface area contributed by atoms with Gasteiger partial charge >= 0.3 is 0 Å². The zero-order chi connectivity index (χ0) is 17.3. The number of hydrogen-bond donors (Lipinski definition) is 1. The van der Waals surface area contributed by atoms with Crippen LogP contribution in [0.25, 0.3) is 10.9 Å². The second-order valence-electron chi connectivity index (χ2n) is 5.28. The highest BCUT2D eigenvalue weighted by Crippen LogP contribution is 2.28. The third-order valence-corrected chi connectivity index (χ3v) is 4.17. The van der Waals surface area contributed by atoms with Gasteiger partial charge in [0.2, 0.25) is 5.78 Å². The van der Waals surface area contributed by atoms with Gasteiger partial charge in [0.05, 0.1) is 12.1 Å². The fourth-order valence-electron chi connectivity index (χ4n) is 2.64. The van der Waals surface area contributed by atoms with Crippen LogP contribution in [0.15, 0.2) is 59.4 Å². The van der Waals surface area contributed by atoms with Gasteiger partial charge in [-0.05, 0) is 17.7 Å². The molecule has 1 aromatic heterocycles. The van der Waals surface area contributed by atoms with E-state index >= 15 is 0 Å². The average Bonchev–Trinajstić information content (AvgIpc) is 2.59. The van der Waals surface area contributed by atoms with E-state index in [0.717, 1.165) is 5.56 Å². The number of rotatable bonds is 4. The van der Waals surface area contributed by atoms with Crippen molar-refractivity contribution in [3.63, 3.8) is 0 Å². The highest BCUT2D eigenvalue weighted by Gasteiger charge is 2.25. The lowest BCUT2D eigenvalue weighted by Gasteiger charge is -2.15. The molecule has 0 aliphatic heterocycles. The van der Waals surface area contributed by atoms with Crippen molar-refractivity contribution in [1.29, 1.82) is 0 Å². The summed E-state index contributed by atoms with van der Waals surface area (Å²) in [6.45, 7) is 0.260. The van der Waals surface area contributed by atoms with E-state index in [-0.39, 0.29) is 12.1 Å². The highest BCUT2D eigenvalue weighted by atomic mass is 35.5. The molecule has 0 saturated carbocycles. The molecule has 0 amide bonds. The zero-order valence-corrected chi connectivity index (χ0v) is 14.0. The molecule has 3 rings (SSSR count). The Hall–Kier alpha value is -2.30. The topological polar surface area (TPSA) is 59.3 Å². The van der Waals surface area contributed by atoms with Crippen LogP contribution in [0.3, 0.4) is 0 Å². The van der Waals surface area contributed by atoms with Crippen molar-refractivity contribution < 1.29 is 9.90 Å². The Morgan fingerprint density at radius 2 is 1.67 bits per heavy atom. The first-order valence-corrected chi connectivity index (χ1v) is 8.08. The molecule has 2 aromatic carbocycles. The number of carbonyl (C=O) groups is 1. The van der Waals surface area contributed by atoms with E-state index in [4.69, 9.17) is 23.2 Å². The van der Waals surface area contributed by atoms with Crippen LogP contribution in [-0.4, -0.2) is 20.3 Å². The minimum atomic E-state index is -1.42. The van der Waals surface area contributed by atoms with Gasteiger partial charge < -0.3 is 9.67 Å². The lowest BCUT2D eigenvalue weighted by Crippen LogP contribution is -2.29. The number of benzene rings is 2. The maximum absolute atomic E-state index is 12.8. The Balaban J connectivity index is 2.31. The monoisotopic (exact) mass is 361 g/mol. The van der Waals surface area contributed by atoms with Crippen molar-refractivity contribution >= 4 is 39.9 Å². The van der Waals surface area contributed by atoms with E-state index < -0.39 is 21.9 Å². The molecule has 0 radical (unpaired) electrons. The third kappa shape index (κ3) is 2.90. The normalized spacial score (nSPS) is 11.1. The number of aromatic hydroxyl groups is 1. The summed E-state index contributed by atoms with van der Waals surface area (Å²) in [7, 11) is 0. The van der Waals surface area contributed by atoms with Crippen LogP contribution < -0.4 is 5.56 Å². The number of aromatic nitrogens is 1. The van der Waals surface area contributed by atoms with E-state index in [9.17, 15) is 14.7 Å². The number of halogens is 2. The molecular weight excluding hydrogens is 349 g/mol. The first-order chi connectivity index (χ1) is 11.5. The first-order valence-electron chi connectivity index (χ1n) is 7.21. The molecule has 0 spiro atoms. The van der Waals surface area contributed by atoms with Crippen molar-refractivity contribution in [2.75, 3.05) is 0 Å². The molecule has 0 aliphatic carbocycles. The molecule has 1 heterocycles. The van der Waals surface area contributed by atoms with E-state index in [1.807, 2.05) is 30.3 Å². The molecule has 0 aliphatic rings. The minimum absolute atomic E-state index is 0.260. The van der Waals surface area contributed by atoms with Gasteiger partial charge in [0, 0.05) is 5.39 Å². The van der Waals surface area contributed by atoms with Crippen molar-refractivity contribution in [2.24, 2.45) is 0 Å².